The van der Waals surface area contributed by atoms with Crippen molar-refractivity contribution in [2.75, 3.05) is 7.11 Å². The Bertz CT molecular complexity index is 710. The summed E-state index contributed by atoms with van der Waals surface area (Å²) in [5, 5.41) is 22.6. The van der Waals surface area contributed by atoms with E-state index in [2.05, 4.69) is 18.5 Å². The molecule has 25 heavy (non-hydrogen) atoms. The molecular formula is C21H27NO3. The summed E-state index contributed by atoms with van der Waals surface area (Å²) in [5.74, 6) is 0. The highest BCUT2D eigenvalue weighted by molar-refractivity contribution is 5.72. The first-order valence-electron chi connectivity index (χ1n) is 8.42. The number of rotatable bonds is 7. The van der Waals surface area contributed by atoms with Crippen LogP contribution in [0.5, 0.6) is 0 Å². The Balaban J connectivity index is 2.53. The number of aliphatic hydroxyl groups is 2. The third-order valence-corrected chi connectivity index (χ3v) is 4.99. The molecule has 0 aliphatic rings. The standard InChI is InChI=1S/C21H27NO3/c1-6-16-9-11-17(12-10-16)15(2)21(24,20(3,4)25-5)19(23)18-8-7-13-22-14-18/h7-14,19,23-24H,2,6H2,1,3-5H3. The summed E-state index contributed by atoms with van der Waals surface area (Å²) in [7, 11) is 1.51. The predicted molar refractivity (Wildman–Crippen MR) is 100 cm³/mol. The minimum absolute atomic E-state index is 0.401. The van der Waals surface area contributed by atoms with Gasteiger partial charge in [-0.15, -0.1) is 0 Å². The molecule has 0 fully saturated rings. The zero-order valence-electron chi connectivity index (χ0n) is 15.4. The molecule has 2 unspecified atom stereocenters. The van der Waals surface area contributed by atoms with Gasteiger partial charge in [0.2, 0.25) is 0 Å². The molecule has 4 heteroatoms. The Labute approximate surface area is 149 Å². The fraction of sp³-hybridized carbons (Fsp3) is 0.381. The Morgan fingerprint density at radius 3 is 2.36 bits per heavy atom. The van der Waals surface area contributed by atoms with Gasteiger partial charge in [-0.05, 0) is 43.0 Å². The minimum atomic E-state index is -1.74. The van der Waals surface area contributed by atoms with Crippen LogP contribution in [0, 0.1) is 0 Å². The van der Waals surface area contributed by atoms with Crippen LogP contribution in [0.4, 0.5) is 0 Å². The van der Waals surface area contributed by atoms with E-state index in [4.69, 9.17) is 4.74 Å². The maximum atomic E-state index is 11.6. The third kappa shape index (κ3) is 3.52. The van der Waals surface area contributed by atoms with E-state index >= 15 is 0 Å². The smallest absolute Gasteiger partial charge is 0.148 e. The van der Waals surface area contributed by atoms with Crippen LogP contribution in [0.15, 0.2) is 55.4 Å². The van der Waals surface area contributed by atoms with E-state index in [9.17, 15) is 10.2 Å². The van der Waals surface area contributed by atoms with Gasteiger partial charge in [-0.2, -0.15) is 0 Å². The molecule has 2 N–H and O–H groups in total. The molecule has 0 aliphatic carbocycles. The normalized spacial score (nSPS) is 15.4. The van der Waals surface area contributed by atoms with E-state index in [0.29, 0.717) is 11.1 Å². The van der Waals surface area contributed by atoms with Crippen molar-refractivity contribution in [2.45, 2.75) is 44.5 Å². The molecule has 4 nitrogen and oxygen atoms in total. The molecule has 2 atom stereocenters. The zero-order chi connectivity index (χ0) is 18.7. The van der Waals surface area contributed by atoms with E-state index in [0.717, 1.165) is 12.0 Å². The SMILES string of the molecule is C=C(c1ccc(CC)cc1)C(O)(C(O)c1cccnc1)C(C)(C)OC. The predicted octanol–water partition coefficient (Wildman–Crippen LogP) is 3.55. The first-order valence-corrected chi connectivity index (χ1v) is 8.42. The van der Waals surface area contributed by atoms with Crippen LogP contribution in [0.2, 0.25) is 0 Å². The van der Waals surface area contributed by atoms with E-state index < -0.39 is 17.3 Å². The van der Waals surface area contributed by atoms with Crippen LogP contribution in [-0.2, 0) is 11.2 Å². The second-order valence-electron chi connectivity index (χ2n) is 6.70. The molecule has 2 aromatic rings. The van der Waals surface area contributed by atoms with E-state index in [1.165, 1.54) is 18.9 Å². The molecule has 134 valence electrons. The molecule has 0 saturated carbocycles. The van der Waals surface area contributed by atoms with Crippen molar-refractivity contribution in [1.29, 1.82) is 0 Å². The van der Waals surface area contributed by atoms with Gasteiger partial charge in [0.25, 0.3) is 0 Å². The van der Waals surface area contributed by atoms with Crippen LogP contribution < -0.4 is 0 Å². The van der Waals surface area contributed by atoms with Crippen molar-refractivity contribution < 1.29 is 14.9 Å². The number of nitrogens with zero attached hydrogens (tertiary/aromatic N) is 1. The lowest BCUT2D eigenvalue weighted by Gasteiger charge is -2.46. The van der Waals surface area contributed by atoms with Crippen molar-refractivity contribution in [1.82, 2.24) is 4.98 Å². The number of methoxy groups -OCH3 is 1. The fourth-order valence-electron chi connectivity index (χ4n) is 2.95. The number of pyridine rings is 1. The molecule has 2 rings (SSSR count). The number of ether oxygens (including phenoxy) is 1. The highest BCUT2D eigenvalue weighted by atomic mass is 16.5. The Morgan fingerprint density at radius 2 is 1.88 bits per heavy atom. The molecule has 0 aliphatic heterocycles. The van der Waals surface area contributed by atoms with E-state index in [1.54, 1.807) is 32.2 Å². The van der Waals surface area contributed by atoms with Crippen LogP contribution in [0.3, 0.4) is 0 Å². The van der Waals surface area contributed by atoms with Crippen LogP contribution in [-0.4, -0.2) is 33.5 Å². The summed E-state index contributed by atoms with van der Waals surface area (Å²) >= 11 is 0. The highest BCUT2D eigenvalue weighted by Crippen LogP contribution is 2.45. The Kier molecular flexibility index (Phi) is 5.78. The Morgan fingerprint density at radius 1 is 1.24 bits per heavy atom. The molecular weight excluding hydrogens is 314 g/mol. The maximum Gasteiger partial charge on any atom is 0.148 e. The first kappa shape index (κ1) is 19.3. The molecule has 0 bridgehead atoms. The summed E-state index contributed by atoms with van der Waals surface area (Å²) < 4.78 is 5.54. The number of aromatic nitrogens is 1. The Hall–Kier alpha value is -2.01. The topological polar surface area (TPSA) is 62.6 Å². The molecule has 0 radical (unpaired) electrons. The molecule has 0 saturated heterocycles. The quantitative estimate of drug-likeness (QED) is 0.808. The number of aryl methyl sites for hydroxylation is 1. The van der Waals surface area contributed by atoms with Gasteiger partial charge in [0.05, 0.1) is 5.60 Å². The van der Waals surface area contributed by atoms with Gasteiger partial charge in [0.1, 0.15) is 11.7 Å². The maximum absolute atomic E-state index is 11.6. The fourth-order valence-corrected chi connectivity index (χ4v) is 2.95. The number of aliphatic hydroxyl groups excluding tert-OH is 1. The summed E-state index contributed by atoms with van der Waals surface area (Å²) in [5.41, 5.74) is 0.0350. The largest absolute Gasteiger partial charge is 0.385 e. The van der Waals surface area contributed by atoms with Gasteiger partial charge in [0, 0.05) is 25.1 Å². The van der Waals surface area contributed by atoms with Crippen molar-refractivity contribution in [3.63, 3.8) is 0 Å². The van der Waals surface area contributed by atoms with Crippen molar-refractivity contribution in [2.24, 2.45) is 0 Å². The number of hydrogen-bond acceptors (Lipinski definition) is 4. The van der Waals surface area contributed by atoms with E-state index in [-0.39, 0.29) is 0 Å². The number of benzene rings is 1. The summed E-state index contributed by atoms with van der Waals surface area (Å²) in [6, 6.07) is 11.3. The van der Waals surface area contributed by atoms with Crippen molar-refractivity contribution in [3.8, 4) is 0 Å². The third-order valence-electron chi connectivity index (χ3n) is 4.99. The first-order chi connectivity index (χ1) is 11.8. The zero-order valence-corrected chi connectivity index (χ0v) is 15.4. The van der Waals surface area contributed by atoms with Crippen molar-refractivity contribution in [3.05, 3.63) is 72.1 Å². The second-order valence-corrected chi connectivity index (χ2v) is 6.70. The molecule has 1 aromatic carbocycles. The highest BCUT2D eigenvalue weighted by Gasteiger charge is 2.52. The average Bonchev–Trinajstić information content (AvgIpc) is 2.66. The summed E-state index contributed by atoms with van der Waals surface area (Å²) in [6.45, 7) is 9.66. The van der Waals surface area contributed by atoms with Gasteiger partial charge in [0.15, 0.2) is 0 Å². The van der Waals surface area contributed by atoms with E-state index in [1.807, 2.05) is 24.3 Å². The molecule has 0 spiro atoms. The minimum Gasteiger partial charge on any atom is -0.385 e. The monoisotopic (exact) mass is 341 g/mol. The van der Waals surface area contributed by atoms with Crippen LogP contribution in [0.25, 0.3) is 5.57 Å². The molecule has 1 aromatic heterocycles. The van der Waals surface area contributed by atoms with Gasteiger partial charge < -0.3 is 14.9 Å². The lowest BCUT2D eigenvalue weighted by Crippen LogP contribution is -2.56. The van der Waals surface area contributed by atoms with Gasteiger partial charge >= 0.3 is 0 Å². The van der Waals surface area contributed by atoms with Gasteiger partial charge in [-0.3, -0.25) is 4.98 Å². The number of hydrogen-bond donors (Lipinski definition) is 2. The second kappa shape index (κ2) is 7.48. The van der Waals surface area contributed by atoms with Gasteiger partial charge in [-0.25, -0.2) is 0 Å². The van der Waals surface area contributed by atoms with Crippen molar-refractivity contribution >= 4 is 5.57 Å². The molecule has 0 amide bonds. The van der Waals surface area contributed by atoms with Crippen LogP contribution >= 0.6 is 0 Å². The molecule has 1 heterocycles. The summed E-state index contributed by atoms with van der Waals surface area (Å²) in [6.07, 6.45) is 2.84. The van der Waals surface area contributed by atoms with Gasteiger partial charge in [-0.1, -0.05) is 43.8 Å². The lowest BCUT2D eigenvalue weighted by atomic mass is 9.71. The lowest BCUT2D eigenvalue weighted by molar-refractivity contribution is -0.168. The average molecular weight is 341 g/mol. The van der Waals surface area contributed by atoms with Crippen LogP contribution in [0.1, 0.15) is 43.6 Å². The summed E-state index contributed by atoms with van der Waals surface area (Å²) in [4.78, 5) is 4.04.